The van der Waals surface area contributed by atoms with Crippen LogP contribution < -0.4 is 0 Å². The molecule has 0 unspecified atom stereocenters. The van der Waals surface area contributed by atoms with E-state index in [0.29, 0.717) is 5.56 Å². The largest absolute Gasteiger partial charge is 0.285 e. The molecule has 0 saturated carbocycles. The quantitative estimate of drug-likeness (QED) is 0.573. The van der Waals surface area contributed by atoms with Gasteiger partial charge in [-0.3, -0.25) is 4.79 Å². The molecule has 3 aromatic carbocycles. The van der Waals surface area contributed by atoms with Crippen LogP contribution in [0.25, 0.3) is 0 Å². The van der Waals surface area contributed by atoms with E-state index in [0.717, 1.165) is 5.56 Å². The van der Waals surface area contributed by atoms with Gasteiger partial charge in [0, 0.05) is 16.4 Å². The molecule has 1 radical (unpaired) electrons. The Balaban J connectivity index is 2.28. The van der Waals surface area contributed by atoms with E-state index in [4.69, 9.17) is 0 Å². The Morgan fingerprint density at radius 3 is 1.62 bits per heavy atom. The number of carbonyl (C=O) groups excluding carboxylic acids is 1. The first kappa shape index (κ1) is 18.1. The number of hydrogen-bond donors (Lipinski definition) is 0. The molecule has 0 atom stereocenters. The van der Waals surface area contributed by atoms with Crippen molar-refractivity contribution in [2.24, 2.45) is 0 Å². The lowest BCUT2D eigenvalue weighted by molar-refractivity contribution is 0.554. The Morgan fingerprint density at radius 1 is 0.615 bits per heavy atom. The van der Waals surface area contributed by atoms with E-state index in [-0.39, 0.29) is 10.8 Å². The molecular weight excluding hydrogens is 316 g/mol. The van der Waals surface area contributed by atoms with E-state index in [1.54, 1.807) is 0 Å². The first-order valence-electron chi connectivity index (χ1n) is 9.02. The van der Waals surface area contributed by atoms with Crippen LogP contribution in [0.4, 0.5) is 0 Å². The maximum Gasteiger partial charge on any atom is 0.233 e. The smallest absolute Gasteiger partial charge is 0.233 e. The van der Waals surface area contributed by atoms with Gasteiger partial charge in [0.2, 0.25) is 6.29 Å². The van der Waals surface area contributed by atoms with Crippen LogP contribution in [0, 0.1) is 0 Å². The predicted octanol–water partition coefficient (Wildman–Crippen LogP) is 5.80. The maximum atomic E-state index is 11.8. The monoisotopic (exact) mass is 341 g/mol. The first-order valence-corrected chi connectivity index (χ1v) is 9.02. The molecule has 3 aromatic rings. The highest BCUT2D eigenvalue weighted by Crippen LogP contribution is 2.42. The summed E-state index contributed by atoms with van der Waals surface area (Å²) in [5.41, 5.74) is 4.74. The van der Waals surface area contributed by atoms with Crippen molar-refractivity contribution in [2.45, 2.75) is 38.5 Å². The zero-order chi connectivity index (χ0) is 18.8. The van der Waals surface area contributed by atoms with E-state index < -0.39 is 0 Å². The van der Waals surface area contributed by atoms with Crippen molar-refractivity contribution in [3.63, 3.8) is 0 Å². The molecule has 0 fully saturated rings. The third-order valence-electron chi connectivity index (χ3n) is 5.46. The van der Waals surface area contributed by atoms with Gasteiger partial charge < -0.3 is 0 Å². The second-order valence-corrected chi connectivity index (χ2v) is 7.81. The Morgan fingerprint density at radius 2 is 1.12 bits per heavy atom. The summed E-state index contributed by atoms with van der Waals surface area (Å²) >= 11 is 0. The van der Waals surface area contributed by atoms with Gasteiger partial charge in [-0.2, -0.15) is 0 Å². The summed E-state index contributed by atoms with van der Waals surface area (Å²) in [4.78, 5) is 11.8. The van der Waals surface area contributed by atoms with Crippen molar-refractivity contribution in [3.8, 4) is 0 Å². The van der Waals surface area contributed by atoms with Crippen LogP contribution in [-0.4, -0.2) is 6.29 Å². The maximum absolute atomic E-state index is 11.8. The van der Waals surface area contributed by atoms with Gasteiger partial charge in [-0.25, -0.2) is 0 Å². The van der Waals surface area contributed by atoms with E-state index in [1.165, 1.54) is 16.7 Å². The van der Waals surface area contributed by atoms with Crippen LogP contribution >= 0.6 is 0 Å². The molecule has 0 bridgehead atoms. The van der Waals surface area contributed by atoms with Crippen LogP contribution in [0.3, 0.4) is 0 Å². The molecule has 0 aromatic heterocycles. The van der Waals surface area contributed by atoms with Crippen LogP contribution in [0.15, 0.2) is 78.9 Å². The summed E-state index contributed by atoms with van der Waals surface area (Å²) in [5.74, 6) is 0. The van der Waals surface area contributed by atoms with Gasteiger partial charge in [-0.1, -0.05) is 107 Å². The van der Waals surface area contributed by atoms with Crippen molar-refractivity contribution < 1.29 is 4.79 Å². The van der Waals surface area contributed by atoms with Crippen molar-refractivity contribution in [3.05, 3.63) is 107 Å². The molecule has 1 nitrogen and oxygen atoms in total. The molecule has 0 aliphatic carbocycles. The average molecular weight is 341 g/mol. The fraction of sp³-hybridized carbons (Fsp3) is 0.240. The minimum atomic E-state index is -0.309. The Kier molecular flexibility index (Phi) is 4.82. The predicted molar refractivity (Wildman–Crippen MR) is 108 cm³/mol. The molecular formula is C25H25O. The van der Waals surface area contributed by atoms with Crippen molar-refractivity contribution in [1.82, 2.24) is 0 Å². The van der Waals surface area contributed by atoms with Crippen LogP contribution in [0.2, 0.25) is 0 Å². The van der Waals surface area contributed by atoms with Gasteiger partial charge in [0.05, 0.1) is 0 Å². The zero-order valence-electron chi connectivity index (χ0n) is 15.9. The van der Waals surface area contributed by atoms with Crippen LogP contribution in [0.5, 0.6) is 0 Å². The Bertz CT molecular complexity index is 890. The molecule has 131 valence electrons. The Hall–Kier alpha value is -2.67. The van der Waals surface area contributed by atoms with Crippen LogP contribution in [-0.2, 0) is 15.6 Å². The second kappa shape index (κ2) is 6.92. The lowest BCUT2D eigenvalue weighted by Crippen LogP contribution is -2.29. The molecule has 0 aliphatic rings. The van der Waals surface area contributed by atoms with E-state index in [2.05, 4.69) is 76.4 Å². The minimum absolute atomic E-state index is 0.227. The first-order chi connectivity index (χ1) is 12.4. The standard InChI is InChI=1S/C25H25O/c1-24(2,20-13-7-5-8-14-20)22-17-11-12-19(18-26)23(22)25(3,4)21-15-9-6-10-16-21/h5-17H,1-4H3. The minimum Gasteiger partial charge on any atom is -0.285 e. The van der Waals surface area contributed by atoms with Crippen LogP contribution in [0.1, 0.15) is 55.5 Å². The van der Waals surface area contributed by atoms with Gasteiger partial charge in [-0.05, 0) is 22.3 Å². The van der Waals surface area contributed by atoms with Crippen molar-refractivity contribution in [2.75, 3.05) is 0 Å². The lowest BCUT2D eigenvalue weighted by Gasteiger charge is -2.36. The van der Waals surface area contributed by atoms with Gasteiger partial charge in [0.1, 0.15) is 0 Å². The second-order valence-electron chi connectivity index (χ2n) is 7.81. The highest BCUT2D eigenvalue weighted by Gasteiger charge is 2.34. The summed E-state index contributed by atoms with van der Waals surface area (Å²) < 4.78 is 0. The van der Waals surface area contributed by atoms with Gasteiger partial charge in [-0.15, -0.1) is 0 Å². The van der Waals surface area contributed by atoms with Gasteiger partial charge in [0.25, 0.3) is 0 Å². The van der Waals surface area contributed by atoms with Gasteiger partial charge in [0.15, 0.2) is 0 Å². The molecule has 0 spiro atoms. The summed E-state index contributed by atoms with van der Waals surface area (Å²) in [5, 5.41) is 0. The summed E-state index contributed by atoms with van der Waals surface area (Å²) in [6.07, 6.45) is 2.19. The number of benzene rings is 3. The summed E-state index contributed by atoms with van der Waals surface area (Å²) in [6, 6.07) is 26.8. The molecule has 3 rings (SSSR count). The highest BCUT2D eigenvalue weighted by atomic mass is 16.1. The normalized spacial score (nSPS) is 12.0. The SMILES string of the molecule is CC(C)(c1ccccc1)c1cccc([C]=O)c1C(C)(C)c1ccccc1. The molecule has 0 aliphatic heterocycles. The Labute approximate surface area is 156 Å². The zero-order valence-corrected chi connectivity index (χ0v) is 15.9. The fourth-order valence-corrected chi connectivity index (χ4v) is 3.84. The molecule has 0 N–H and O–H groups in total. The van der Waals surface area contributed by atoms with Crippen molar-refractivity contribution in [1.29, 1.82) is 0 Å². The van der Waals surface area contributed by atoms with E-state index >= 15 is 0 Å². The van der Waals surface area contributed by atoms with E-state index in [9.17, 15) is 4.79 Å². The highest BCUT2D eigenvalue weighted by molar-refractivity contribution is 5.80. The fourth-order valence-electron chi connectivity index (χ4n) is 3.84. The summed E-state index contributed by atoms with van der Waals surface area (Å²) in [7, 11) is 0. The molecule has 1 heteroatoms. The topological polar surface area (TPSA) is 17.1 Å². The number of rotatable bonds is 5. The lowest BCUT2D eigenvalue weighted by atomic mass is 9.67. The molecule has 0 saturated heterocycles. The number of hydrogen-bond acceptors (Lipinski definition) is 1. The third kappa shape index (κ3) is 3.10. The molecule has 0 amide bonds. The third-order valence-corrected chi connectivity index (χ3v) is 5.46. The van der Waals surface area contributed by atoms with Gasteiger partial charge >= 0.3 is 0 Å². The summed E-state index contributed by atoms with van der Waals surface area (Å²) in [6.45, 7) is 8.81. The average Bonchev–Trinajstić information content (AvgIpc) is 2.68. The molecule has 0 heterocycles. The van der Waals surface area contributed by atoms with E-state index in [1.807, 2.05) is 36.4 Å². The molecule has 26 heavy (non-hydrogen) atoms. The van der Waals surface area contributed by atoms with Crippen molar-refractivity contribution >= 4 is 6.29 Å².